The number of hydrogen-bond acceptors (Lipinski definition) is 3. The number of para-hydroxylation sites is 1. The Morgan fingerprint density at radius 1 is 1.27 bits per heavy atom. The molecular formula is C9H11F3N2O. The van der Waals surface area contributed by atoms with Crippen LogP contribution in [0.4, 0.5) is 13.2 Å². The van der Waals surface area contributed by atoms with Crippen molar-refractivity contribution in [3.8, 4) is 5.75 Å². The molecule has 1 aromatic carbocycles. The van der Waals surface area contributed by atoms with Crippen molar-refractivity contribution in [3.05, 3.63) is 29.8 Å². The molecule has 0 atom stereocenters. The van der Waals surface area contributed by atoms with Crippen molar-refractivity contribution < 1.29 is 17.9 Å². The molecule has 0 aliphatic carbocycles. The molecule has 15 heavy (non-hydrogen) atoms. The van der Waals surface area contributed by atoms with E-state index in [1.54, 1.807) is 18.2 Å². The van der Waals surface area contributed by atoms with Gasteiger partial charge in [-0.25, -0.2) is 0 Å². The second-order valence-corrected chi connectivity index (χ2v) is 2.89. The SMILES string of the molecule is NNCc1ccccc1OCC(F)(F)F. The van der Waals surface area contributed by atoms with Gasteiger partial charge in [-0.05, 0) is 6.07 Å². The van der Waals surface area contributed by atoms with Crippen LogP contribution in [0.3, 0.4) is 0 Å². The summed E-state index contributed by atoms with van der Waals surface area (Å²) in [4.78, 5) is 0. The molecule has 0 unspecified atom stereocenters. The molecule has 0 aromatic heterocycles. The Balaban J connectivity index is 2.67. The van der Waals surface area contributed by atoms with E-state index in [0.717, 1.165) is 0 Å². The fourth-order valence-electron chi connectivity index (χ4n) is 1.06. The molecule has 0 spiro atoms. The highest BCUT2D eigenvalue weighted by atomic mass is 19.4. The molecule has 1 aromatic rings. The van der Waals surface area contributed by atoms with Crippen LogP contribution < -0.4 is 16.0 Å². The van der Waals surface area contributed by atoms with Crippen LogP contribution in [0.15, 0.2) is 24.3 Å². The van der Waals surface area contributed by atoms with E-state index < -0.39 is 12.8 Å². The Labute approximate surface area is 85.0 Å². The summed E-state index contributed by atoms with van der Waals surface area (Å²) < 4.78 is 40.3. The molecule has 0 saturated carbocycles. The summed E-state index contributed by atoms with van der Waals surface area (Å²) in [6, 6.07) is 6.42. The zero-order chi connectivity index (χ0) is 11.3. The number of benzene rings is 1. The minimum absolute atomic E-state index is 0.188. The smallest absolute Gasteiger partial charge is 0.422 e. The first-order chi connectivity index (χ1) is 7.03. The van der Waals surface area contributed by atoms with Gasteiger partial charge in [-0.15, -0.1) is 0 Å². The van der Waals surface area contributed by atoms with E-state index in [2.05, 4.69) is 10.2 Å². The van der Waals surface area contributed by atoms with Crippen LogP contribution in [0.2, 0.25) is 0 Å². The summed E-state index contributed by atoms with van der Waals surface area (Å²) >= 11 is 0. The Morgan fingerprint density at radius 2 is 1.93 bits per heavy atom. The van der Waals surface area contributed by atoms with Crippen molar-refractivity contribution in [2.45, 2.75) is 12.7 Å². The number of nitrogens with one attached hydrogen (secondary N) is 1. The quantitative estimate of drug-likeness (QED) is 0.598. The number of alkyl halides is 3. The second kappa shape index (κ2) is 4.99. The largest absolute Gasteiger partial charge is 0.484 e. The summed E-state index contributed by atoms with van der Waals surface area (Å²) in [6.07, 6.45) is -4.33. The van der Waals surface area contributed by atoms with Crippen LogP contribution in [-0.2, 0) is 6.54 Å². The molecule has 0 fully saturated rings. The number of hydrazine groups is 1. The molecule has 6 heteroatoms. The maximum Gasteiger partial charge on any atom is 0.422 e. The maximum atomic E-state index is 11.9. The van der Waals surface area contributed by atoms with Gasteiger partial charge in [0, 0.05) is 12.1 Å². The van der Waals surface area contributed by atoms with Gasteiger partial charge in [0.25, 0.3) is 0 Å². The van der Waals surface area contributed by atoms with Crippen molar-refractivity contribution in [2.75, 3.05) is 6.61 Å². The van der Waals surface area contributed by atoms with E-state index >= 15 is 0 Å². The minimum Gasteiger partial charge on any atom is -0.484 e. The Bertz CT molecular complexity index is 314. The number of ether oxygens (including phenoxy) is 1. The number of rotatable bonds is 4. The summed E-state index contributed by atoms with van der Waals surface area (Å²) in [5.41, 5.74) is 2.95. The third-order valence-electron chi connectivity index (χ3n) is 1.66. The fraction of sp³-hybridized carbons (Fsp3) is 0.333. The van der Waals surface area contributed by atoms with Gasteiger partial charge in [-0.3, -0.25) is 11.3 Å². The topological polar surface area (TPSA) is 47.3 Å². The molecule has 0 saturated heterocycles. The van der Waals surface area contributed by atoms with Crippen LogP contribution >= 0.6 is 0 Å². The summed E-state index contributed by atoms with van der Waals surface area (Å²) in [6.45, 7) is -1.04. The summed E-state index contributed by atoms with van der Waals surface area (Å²) in [7, 11) is 0. The highest BCUT2D eigenvalue weighted by molar-refractivity contribution is 5.33. The number of nitrogens with two attached hydrogens (primary N) is 1. The highest BCUT2D eigenvalue weighted by Gasteiger charge is 2.28. The number of hydrogen-bond donors (Lipinski definition) is 2. The number of halogens is 3. The third-order valence-corrected chi connectivity index (χ3v) is 1.66. The fourth-order valence-corrected chi connectivity index (χ4v) is 1.06. The van der Waals surface area contributed by atoms with Crippen molar-refractivity contribution >= 4 is 0 Å². The lowest BCUT2D eigenvalue weighted by atomic mass is 10.2. The van der Waals surface area contributed by atoms with Crippen molar-refractivity contribution in [1.29, 1.82) is 0 Å². The average Bonchev–Trinajstić information content (AvgIpc) is 2.16. The monoisotopic (exact) mass is 220 g/mol. The van der Waals surface area contributed by atoms with Crippen LogP contribution in [0.5, 0.6) is 5.75 Å². The van der Waals surface area contributed by atoms with Crippen LogP contribution in [0, 0.1) is 0 Å². The molecule has 0 radical (unpaired) electrons. The van der Waals surface area contributed by atoms with Gasteiger partial charge < -0.3 is 4.74 Å². The molecule has 84 valence electrons. The van der Waals surface area contributed by atoms with Crippen molar-refractivity contribution in [2.24, 2.45) is 5.84 Å². The van der Waals surface area contributed by atoms with E-state index in [1.165, 1.54) is 6.07 Å². The molecule has 1 rings (SSSR count). The minimum atomic E-state index is -4.33. The lowest BCUT2D eigenvalue weighted by Crippen LogP contribution is -2.23. The van der Waals surface area contributed by atoms with E-state index in [0.29, 0.717) is 5.56 Å². The van der Waals surface area contributed by atoms with E-state index in [4.69, 9.17) is 5.84 Å². The molecule has 0 aliphatic heterocycles. The van der Waals surface area contributed by atoms with E-state index in [-0.39, 0.29) is 12.3 Å². The Morgan fingerprint density at radius 3 is 2.53 bits per heavy atom. The standard InChI is InChI=1S/C9H11F3N2O/c10-9(11,12)6-15-8-4-2-1-3-7(8)5-14-13/h1-4,14H,5-6,13H2. The van der Waals surface area contributed by atoms with Gasteiger partial charge in [-0.2, -0.15) is 13.2 Å². The first-order valence-electron chi connectivity index (χ1n) is 4.24. The van der Waals surface area contributed by atoms with Gasteiger partial charge in [0.1, 0.15) is 5.75 Å². The maximum absolute atomic E-state index is 11.9. The molecule has 0 heterocycles. The molecule has 0 bridgehead atoms. The van der Waals surface area contributed by atoms with Crippen LogP contribution in [0.25, 0.3) is 0 Å². The van der Waals surface area contributed by atoms with Crippen molar-refractivity contribution in [3.63, 3.8) is 0 Å². The summed E-state index contributed by atoms with van der Waals surface area (Å²) in [5, 5.41) is 0. The lowest BCUT2D eigenvalue weighted by Gasteiger charge is -2.12. The molecule has 0 amide bonds. The normalized spacial score (nSPS) is 11.5. The molecule has 3 N–H and O–H groups in total. The predicted molar refractivity (Wildman–Crippen MR) is 49.0 cm³/mol. The lowest BCUT2D eigenvalue weighted by molar-refractivity contribution is -0.153. The van der Waals surface area contributed by atoms with E-state index in [1.807, 2.05) is 0 Å². The van der Waals surface area contributed by atoms with E-state index in [9.17, 15) is 13.2 Å². The van der Waals surface area contributed by atoms with Gasteiger partial charge in [0.2, 0.25) is 0 Å². The Kier molecular flexibility index (Phi) is 3.93. The van der Waals surface area contributed by atoms with Gasteiger partial charge in [-0.1, -0.05) is 18.2 Å². The second-order valence-electron chi connectivity index (χ2n) is 2.89. The third kappa shape index (κ3) is 4.18. The Hall–Kier alpha value is -1.27. The molecule has 3 nitrogen and oxygen atoms in total. The van der Waals surface area contributed by atoms with Gasteiger partial charge >= 0.3 is 6.18 Å². The zero-order valence-electron chi connectivity index (χ0n) is 7.84. The first-order valence-corrected chi connectivity index (χ1v) is 4.24. The molecule has 0 aliphatic rings. The van der Waals surface area contributed by atoms with Crippen molar-refractivity contribution in [1.82, 2.24) is 5.43 Å². The van der Waals surface area contributed by atoms with Gasteiger partial charge in [0.15, 0.2) is 6.61 Å². The summed E-state index contributed by atoms with van der Waals surface area (Å²) in [5.74, 6) is 5.27. The van der Waals surface area contributed by atoms with Crippen LogP contribution in [0.1, 0.15) is 5.56 Å². The van der Waals surface area contributed by atoms with Crippen LogP contribution in [-0.4, -0.2) is 12.8 Å². The molecular weight excluding hydrogens is 209 g/mol. The highest BCUT2D eigenvalue weighted by Crippen LogP contribution is 2.21. The average molecular weight is 220 g/mol. The predicted octanol–water partition coefficient (Wildman–Crippen LogP) is 1.59. The zero-order valence-corrected chi connectivity index (χ0v) is 7.84. The first kappa shape index (κ1) is 11.8. The van der Waals surface area contributed by atoms with Gasteiger partial charge in [0.05, 0.1) is 0 Å².